The highest BCUT2D eigenvalue weighted by molar-refractivity contribution is 6.31. The number of carbonyl (C=O) groups is 1. The van der Waals surface area contributed by atoms with Crippen molar-refractivity contribution in [2.24, 2.45) is 5.92 Å². The SMILES string of the molecule is CCOc1cccc(NC(=O)C2CCN(Cc3ccccc3Cl)CC2)c1. The fourth-order valence-electron chi connectivity index (χ4n) is 3.30. The summed E-state index contributed by atoms with van der Waals surface area (Å²) in [7, 11) is 0. The number of anilines is 1. The number of likely N-dealkylation sites (tertiary alicyclic amines) is 1. The average Bonchev–Trinajstić information content (AvgIpc) is 2.65. The first-order valence-electron chi connectivity index (χ1n) is 9.15. The number of amides is 1. The zero-order valence-corrected chi connectivity index (χ0v) is 15.8. The van der Waals surface area contributed by atoms with Gasteiger partial charge in [-0.05, 0) is 56.6 Å². The molecule has 1 saturated heterocycles. The highest BCUT2D eigenvalue weighted by Crippen LogP contribution is 2.24. The smallest absolute Gasteiger partial charge is 0.227 e. The van der Waals surface area contributed by atoms with Gasteiger partial charge in [-0.2, -0.15) is 0 Å². The summed E-state index contributed by atoms with van der Waals surface area (Å²) in [6.07, 6.45) is 1.73. The number of rotatable bonds is 6. The third kappa shape index (κ3) is 4.99. The molecule has 2 aromatic carbocycles. The predicted molar refractivity (Wildman–Crippen MR) is 106 cm³/mol. The molecule has 3 rings (SSSR count). The van der Waals surface area contributed by atoms with Crippen LogP contribution in [0.2, 0.25) is 5.02 Å². The predicted octanol–water partition coefficient (Wildman–Crippen LogP) is 4.59. The molecule has 1 aliphatic rings. The van der Waals surface area contributed by atoms with E-state index in [0.29, 0.717) is 6.61 Å². The Bertz CT molecular complexity index is 742. The van der Waals surface area contributed by atoms with Crippen molar-refractivity contribution >= 4 is 23.2 Å². The van der Waals surface area contributed by atoms with Crippen LogP contribution in [0.5, 0.6) is 5.75 Å². The lowest BCUT2D eigenvalue weighted by atomic mass is 9.95. The van der Waals surface area contributed by atoms with Crippen LogP contribution in [0.15, 0.2) is 48.5 Å². The molecular weight excluding hydrogens is 348 g/mol. The molecule has 0 bridgehead atoms. The van der Waals surface area contributed by atoms with Gasteiger partial charge in [-0.1, -0.05) is 35.9 Å². The largest absolute Gasteiger partial charge is 0.494 e. The van der Waals surface area contributed by atoms with Crippen LogP contribution in [0.3, 0.4) is 0 Å². The van der Waals surface area contributed by atoms with Crippen molar-refractivity contribution in [3.63, 3.8) is 0 Å². The Morgan fingerprint density at radius 2 is 1.96 bits per heavy atom. The van der Waals surface area contributed by atoms with Gasteiger partial charge in [0.05, 0.1) is 6.61 Å². The van der Waals surface area contributed by atoms with Crippen molar-refractivity contribution in [1.29, 1.82) is 0 Å². The molecule has 0 spiro atoms. The molecule has 0 radical (unpaired) electrons. The van der Waals surface area contributed by atoms with Gasteiger partial charge in [0, 0.05) is 29.2 Å². The molecule has 1 fully saturated rings. The first kappa shape index (κ1) is 18.7. The molecule has 26 heavy (non-hydrogen) atoms. The number of halogens is 1. The normalized spacial score (nSPS) is 15.6. The van der Waals surface area contributed by atoms with E-state index in [4.69, 9.17) is 16.3 Å². The van der Waals surface area contributed by atoms with E-state index in [2.05, 4.69) is 16.3 Å². The van der Waals surface area contributed by atoms with Crippen molar-refractivity contribution in [2.75, 3.05) is 25.0 Å². The van der Waals surface area contributed by atoms with E-state index >= 15 is 0 Å². The van der Waals surface area contributed by atoms with Gasteiger partial charge in [0.2, 0.25) is 5.91 Å². The Balaban J connectivity index is 1.50. The van der Waals surface area contributed by atoms with Gasteiger partial charge in [0.1, 0.15) is 5.75 Å². The van der Waals surface area contributed by atoms with E-state index < -0.39 is 0 Å². The van der Waals surface area contributed by atoms with Crippen molar-refractivity contribution < 1.29 is 9.53 Å². The summed E-state index contributed by atoms with van der Waals surface area (Å²) >= 11 is 6.25. The maximum Gasteiger partial charge on any atom is 0.227 e. The summed E-state index contributed by atoms with van der Waals surface area (Å²) in [6.45, 7) is 5.21. The quantitative estimate of drug-likeness (QED) is 0.806. The highest BCUT2D eigenvalue weighted by Gasteiger charge is 2.25. The van der Waals surface area contributed by atoms with Crippen molar-refractivity contribution in [3.05, 3.63) is 59.1 Å². The lowest BCUT2D eigenvalue weighted by molar-refractivity contribution is -0.121. The zero-order valence-electron chi connectivity index (χ0n) is 15.1. The average molecular weight is 373 g/mol. The van der Waals surface area contributed by atoms with Crippen LogP contribution in [-0.2, 0) is 11.3 Å². The lowest BCUT2D eigenvalue weighted by Gasteiger charge is -2.31. The zero-order chi connectivity index (χ0) is 18.4. The molecule has 4 nitrogen and oxygen atoms in total. The van der Waals surface area contributed by atoms with Crippen molar-refractivity contribution in [3.8, 4) is 5.75 Å². The minimum Gasteiger partial charge on any atom is -0.494 e. The lowest BCUT2D eigenvalue weighted by Crippen LogP contribution is -2.37. The minimum absolute atomic E-state index is 0.0493. The van der Waals surface area contributed by atoms with Gasteiger partial charge in [0.15, 0.2) is 0 Å². The first-order chi connectivity index (χ1) is 12.7. The number of hydrogen-bond acceptors (Lipinski definition) is 3. The van der Waals surface area contributed by atoms with E-state index in [1.54, 1.807) is 0 Å². The minimum atomic E-state index is 0.0493. The van der Waals surface area contributed by atoms with Gasteiger partial charge in [-0.3, -0.25) is 9.69 Å². The van der Waals surface area contributed by atoms with Gasteiger partial charge >= 0.3 is 0 Å². The molecule has 1 aliphatic heterocycles. The van der Waals surface area contributed by atoms with Crippen LogP contribution in [-0.4, -0.2) is 30.5 Å². The summed E-state index contributed by atoms with van der Waals surface area (Å²) in [5.74, 6) is 0.921. The second kappa shape index (κ2) is 9.06. The summed E-state index contributed by atoms with van der Waals surface area (Å²) in [6, 6.07) is 15.5. The number of ether oxygens (including phenoxy) is 1. The van der Waals surface area contributed by atoms with E-state index in [1.165, 1.54) is 0 Å². The van der Waals surface area contributed by atoms with Crippen LogP contribution in [0.25, 0.3) is 0 Å². The Kier molecular flexibility index (Phi) is 6.53. The molecule has 0 atom stereocenters. The summed E-state index contributed by atoms with van der Waals surface area (Å²) in [4.78, 5) is 14.9. The molecule has 2 aromatic rings. The molecule has 1 amide bonds. The second-order valence-corrected chi connectivity index (χ2v) is 7.00. The van der Waals surface area contributed by atoms with E-state index in [9.17, 15) is 4.79 Å². The maximum atomic E-state index is 12.6. The molecule has 138 valence electrons. The summed E-state index contributed by atoms with van der Waals surface area (Å²) in [5.41, 5.74) is 1.93. The number of nitrogens with one attached hydrogen (secondary N) is 1. The molecule has 0 aromatic heterocycles. The number of hydrogen-bond donors (Lipinski definition) is 1. The standard InChI is InChI=1S/C21H25ClN2O2/c1-2-26-19-8-5-7-18(14-19)23-21(25)16-10-12-24(13-11-16)15-17-6-3-4-9-20(17)22/h3-9,14,16H,2,10-13,15H2,1H3,(H,23,25). The summed E-state index contributed by atoms with van der Waals surface area (Å²) < 4.78 is 5.49. The highest BCUT2D eigenvalue weighted by atomic mass is 35.5. The molecule has 1 heterocycles. The first-order valence-corrected chi connectivity index (χ1v) is 9.53. The topological polar surface area (TPSA) is 41.6 Å². The van der Waals surface area contributed by atoms with Crippen LogP contribution < -0.4 is 10.1 Å². The fourth-order valence-corrected chi connectivity index (χ4v) is 3.49. The molecule has 0 aliphatic carbocycles. The van der Waals surface area contributed by atoms with Gasteiger partial charge < -0.3 is 10.1 Å². The second-order valence-electron chi connectivity index (χ2n) is 6.59. The summed E-state index contributed by atoms with van der Waals surface area (Å²) in [5, 5.41) is 3.83. The van der Waals surface area contributed by atoms with Gasteiger partial charge in [-0.25, -0.2) is 0 Å². The third-order valence-corrected chi connectivity index (χ3v) is 5.09. The molecular formula is C21H25ClN2O2. The van der Waals surface area contributed by atoms with Gasteiger partial charge in [-0.15, -0.1) is 0 Å². The number of benzene rings is 2. The molecule has 0 saturated carbocycles. The van der Waals surface area contributed by atoms with Crippen LogP contribution in [0.1, 0.15) is 25.3 Å². The Morgan fingerprint density at radius 1 is 1.19 bits per heavy atom. The van der Waals surface area contributed by atoms with E-state index in [-0.39, 0.29) is 11.8 Å². The molecule has 0 unspecified atom stereocenters. The Labute approximate surface area is 160 Å². The fraction of sp³-hybridized carbons (Fsp3) is 0.381. The van der Waals surface area contributed by atoms with Crippen molar-refractivity contribution in [1.82, 2.24) is 4.90 Å². The molecule has 1 N–H and O–H groups in total. The van der Waals surface area contributed by atoms with Crippen LogP contribution in [0.4, 0.5) is 5.69 Å². The number of piperidine rings is 1. The van der Waals surface area contributed by atoms with E-state index in [0.717, 1.165) is 54.5 Å². The Hall–Kier alpha value is -2.04. The van der Waals surface area contributed by atoms with E-state index in [1.807, 2.05) is 49.4 Å². The molecule has 5 heteroatoms. The maximum absolute atomic E-state index is 12.6. The Morgan fingerprint density at radius 3 is 2.69 bits per heavy atom. The third-order valence-electron chi connectivity index (χ3n) is 4.72. The van der Waals surface area contributed by atoms with Crippen molar-refractivity contribution in [2.45, 2.75) is 26.3 Å². The van der Waals surface area contributed by atoms with Crippen LogP contribution >= 0.6 is 11.6 Å². The van der Waals surface area contributed by atoms with Crippen LogP contribution in [0, 0.1) is 5.92 Å². The number of nitrogens with zero attached hydrogens (tertiary/aromatic N) is 1. The number of carbonyl (C=O) groups excluding carboxylic acids is 1. The monoisotopic (exact) mass is 372 g/mol. The van der Waals surface area contributed by atoms with Gasteiger partial charge in [0.25, 0.3) is 0 Å².